The summed E-state index contributed by atoms with van der Waals surface area (Å²) in [6.07, 6.45) is 30.2. The Morgan fingerprint density at radius 2 is 0.918 bits per heavy atom. The van der Waals surface area contributed by atoms with E-state index in [0.29, 0.717) is 12.8 Å². The molecule has 0 radical (unpaired) electrons. The molecule has 0 amide bonds. The van der Waals surface area contributed by atoms with Crippen LogP contribution in [0.5, 0.6) is 0 Å². The second-order valence-electron chi connectivity index (χ2n) is 16.3. The summed E-state index contributed by atoms with van der Waals surface area (Å²) in [5, 5.41) is 50.1. The standard InChI is InChI=1S/C47H83O13P/c1-3-5-7-9-11-13-15-17-19-20-22-23-25-27-29-31-33-35-40(48)57-37-39(38-58-61(55,56)60-47-45(53)43(51)42(50)44(52)46(47)54)59-41(49)36-34-32-30-28-26-24-21-18-16-14-12-10-8-6-4-2/h7,9,13,15,19-20,23,25,39,42-47,50-54H,3-6,8,10-12,14,16-18,21-22,24,26-38H2,1-2H3,(H,55,56)/b9-7+,15-13+,20-19+,25-23+/t39-,42?,43-,44?,45?,46?,47?/m0/s1. The van der Waals surface area contributed by atoms with Crippen molar-refractivity contribution >= 4 is 19.8 Å². The molecule has 1 saturated carbocycles. The summed E-state index contributed by atoms with van der Waals surface area (Å²) in [5.41, 5.74) is 0. The Hall–Kier alpha value is -2.19. The van der Waals surface area contributed by atoms with E-state index in [1.165, 1.54) is 70.6 Å². The largest absolute Gasteiger partial charge is 0.472 e. The normalized spacial score (nSPS) is 22.4. The molecule has 0 aromatic rings. The van der Waals surface area contributed by atoms with Crippen molar-refractivity contribution in [2.24, 2.45) is 0 Å². The lowest BCUT2D eigenvalue weighted by Crippen LogP contribution is -2.64. The van der Waals surface area contributed by atoms with Gasteiger partial charge in [-0.15, -0.1) is 0 Å². The highest BCUT2D eigenvalue weighted by molar-refractivity contribution is 7.47. The lowest BCUT2D eigenvalue weighted by atomic mass is 9.85. The molecule has 1 aliphatic rings. The number of hydrogen-bond donors (Lipinski definition) is 6. The van der Waals surface area contributed by atoms with Crippen LogP contribution in [0, 0.1) is 0 Å². The Morgan fingerprint density at radius 3 is 1.41 bits per heavy atom. The number of aliphatic hydroxyl groups excluding tert-OH is 5. The number of esters is 2. The maximum absolute atomic E-state index is 12.8. The summed E-state index contributed by atoms with van der Waals surface area (Å²) in [6, 6.07) is 0. The molecule has 0 bridgehead atoms. The highest BCUT2D eigenvalue weighted by Gasteiger charge is 2.51. The highest BCUT2D eigenvalue weighted by Crippen LogP contribution is 2.47. The maximum atomic E-state index is 12.8. The zero-order valence-corrected chi connectivity index (χ0v) is 38.3. The molecular weight excluding hydrogens is 803 g/mol. The molecule has 0 saturated heterocycles. The molecule has 1 aliphatic carbocycles. The predicted molar refractivity (Wildman–Crippen MR) is 239 cm³/mol. The Balaban J connectivity index is 2.48. The van der Waals surface area contributed by atoms with Gasteiger partial charge in [0.1, 0.15) is 43.2 Å². The monoisotopic (exact) mass is 887 g/mol. The summed E-state index contributed by atoms with van der Waals surface area (Å²) < 4.78 is 33.5. The van der Waals surface area contributed by atoms with Crippen LogP contribution in [0.1, 0.15) is 181 Å². The summed E-state index contributed by atoms with van der Waals surface area (Å²) in [7, 11) is -5.12. The SMILES string of the molecule is CCC/C=C/C/C=C/C/C=C/C/C=C/CCCCCC(=O)OC[C@@H](COP(=O)(O)OC1C(O)C(O)C(O)[C@H](O)C1O)OC(=O)CCCCCCCCCCCCCCCCC. The number of carbonyl (C=O) groups is 2. The minimum atomic E-state index is -5.12. The van der Waals surface area contributed by atoms with E-state index in [-0.39, 0.29) is 12.8 Å². The first kappa shape index (κ1) is 56.8. The van der Waals surface area contributed by atoms with Crippen LogP contribution in [0.15, 0.2) is 48.6 Å². The molecule has 1 fully saturated rings. The topological polar surface area (TPSA) is 210 Å². The van der Waals surface area contributed by atoms with E-state index in [4.69, 9.17) is 18.5 Å². The summed E-state index contributed by atoms with van der Waals surface area (Å²) >= 11 is 0. The number of hydrogen-bond acceptors (Lipinski definition) is 12. The van der Waals surface area contributed by atoms with Crippen molar-refractivity contribution in [3.8, 4) is 0 Å². The van der Waals surface area contributed by atoms with Crippen molar-refractivity contribution in [1.82, 2.24) is 0 Å². The molecule has 0 aromatic heterocycles. The van der Waals surface area contributed by atoms with E-state index in [2.05, 4.69) is 62.5 Å². The van der Waals surface area contributed by atoms with Gasteiger partial charge in [0.2, 0.25) is 0 Å². The van der Waals surface area contributed by atoms with E-state index < -0.39 is 75.7 Å². The van der Waals surface area contributed by atoms with Gasteiger partial charge in [0.15, 0.2) is 6.10 Å². The molecule has 354 valence electrons. The van der Waals surface area contributed by atoms with Crippen LogP contribution < -0.4 is 0 Å². The van der Waals surface area contributed by atoms with Gasteiger partial charge < -0.3 is 39.9 Å². The molecular formula is C47H83O13P. The molecule has 1 rings (SSSR count). The molecule has 6 unspecified atom stereocenters. The van der Waals surface area contributed by atoms with Crippen LogP contribution in [-0.4, -0.2) is 98.3 Å². The maximum Gasteiger partial charge on any atom is 0.472 e. The van der Waals surface area contributed by atoms with Gasteiger partial charge in [-0.25, -0.2) is 4.57 Å². The molecule has 0 spiro atoms. The smallest absolute Gasteiger partial charge is 0.462 e. The van der Waals surface area contributed by atoms with Gasteiger partial charge in [0.25, 0.3) is 0 Å². The Morgan fingerprint density at radius 1 is 0.508 bits per heavy atom. The minimum absolute atomic E-state index is 0.0912. The Kier molecular flexibility index (Phi) is 34.7. The number of allylic oxidation sites excluding steroid dienone is 8. The average Bonchev–Trinajstić information content (AvgIpc) is 3.24. The number of unbranched alkanes of at least 4 members (excludes halogenated alkanes) is 18. The van der Waals surface area contributed by atoms with Gasteiger partial charge >= 0.3 is 19.8 Å². The molecule has 8 atom stereocenters. The quantitative estimate of drug-likeness (QED) is 0.0148. The van der Waals surface area contributed by atoms with Gasteiger partial charge in [-0.3, -0.25) is 18.6 Å². The van der Waals surface area contributed by atoms with Crippen molar-refractivity contribution in [3.63, 3.8) is 0 Å². The third-order valence-electron chi connectivity index (χ3n) is 10.7. The lowest BCUT2D eigenvalue weighted by molar-refractivity contribution is -0.220. The van der Waals surface area contributed by atoms with Crippen molar-refractivity contribution in [1.29, 1.82) is 0 Å². The fraction of sp³-hybridized carbons (Fsp3) is 0.787. The number of phosphoric ester groups is 1. The molecule has 0 aliphatic heterocycles. The third kappa shape index (κ3) is 29.7. The first-order chi connectivity index (χ1) is 29.4. The van der Waals surface area contributed by atoms with Crippen molar-refractivity contribution in [2.45, 2.75) is 224 Å². The van der Waals surface area contributed by atoms with Crippen LogP contribution in [0.3, 0.4) is 0 Å². The fourth-order valence-electron chi connectivity index (χ4n) is 6.87. The summed E-state index contributed by atoms with van der Waals surface area (Å²) in [6.45, 7) is 3.21. The van der Waals surface area contributed by atoms with Crippen LogP contribution >= 0.6 is 7.82 Å². The van der Waals surface area contributed by atoms with E-state index in [1.807, 2.05) is 0 Å². The predicted octanol–water partition coefficient (Wildman–Crippen LogP) is 9.17. The van der Waals surface area contributed by atoms with Gasteiger partial charge in [-0.05, 0) is 51.4 Å². The van der Waals surface area contributed by atoms with Crippen molar-refractivity contribution in [2.75, 3.05) is 13.2 Å². The molecule has 0 aromatic carbocycles. The van der Waals surface area contributed by atoms with E-state index >= 15 is 0 Å². The minimum Gasteiger partial charge on any atom is -0.462 e. The number of phosphoric acid groups is 1. The Labute approximate surface area is 367 Å². The molecule has 61 heavy (non-hydrogen) atoms. The number of rotatable bonds is 38. The third-order valence-corrected chi connectivity index (χ3v) is 11.6. The highest BCUT2D eigenvalue weighted by atomic mass is 31.2. The van der Waals surface area contributed by atoms with Crippen LogP contribution in [0.25, 0.3) is 0 Å². The number of aliphatic hydroxyl groups is 5. The lowest BCUT2D eigenvalue weighted by Gasteiger charge is -2.41. The number of ether oxygens (including phenoxy) is 2. The van der Waals surface area contributed by atoms with Crippen LogP contribution in [0.2, 0.25) is 0 Å². The van der Waals surface area contributed by atoms with Gasteiger partial charge in [-0.2, -0.15) is 0 Å². The van der Waals surface area contributed by atoms with Gasteiger partial charge in [0, 0.05) is 12.8 Å². The zero-order valence-electron chi connectivity index (χ0n) is 37.4. The second-order valence-corrected chi connectivity index (χ2v) is 17.7. The van der Waals surface area contributed by atoms with E-state index in [9.17, 15) is 44.6 Å². The van der Waals surface area contributed by atoms with E-state index in [1.54, 1.807) is 0 Å². The summed E-state index contributed by atoms with van der Waals surface area (Å²) in [4.78, 5) is 35.7. The number of carbonyl (C=O) groups excluding carboxylic acids is 2. The second kappa shape index (κ2) is 37.2. The molecule has 14 heteroatoms. The molecule has 13 nitrogen and oxygen atoms in total. The molecule has 0 heterocycles. The zero-order chi connectivity index (χ0) is 45.0. The average molecular weight is 887 g/mol. The Bertz CT molecular complexity index is 1250. The van der Waals surface area contributed by atoms with Crippen LogP contribution in [0.4, 0.5) is 0 Å². The first-order valence-electron chi connectivity index (χ1n) is 23.4. The molecule has 6 N–H and O–H groups in total. The van der Waals surface area contributed by atoms with Crippen molar-refractivity contribution < 1.29 is 63.1 Å². The van der Waals surface area contributed by atoms with Crippen molar-refractivity contribution in [3.05, 3.63) is 48.6 Å². The summed E-state index contributed by atoms with van der Waals surface area (Å²) in [5.74, 6) is -1.13. The van der Waals surface area contributed by atoms with Crippen LogP contribution in [-0.2, 0) is 32.7 Å². The van der Waals surface area contributed by atoms with Gasteiger partial charge in [0.05, 0.1) is 6.61 Å². The van der Waals surface area contributed by atoms with Gasteiger partial charge in [-0.1, -0.05) is 165 Å². The first-order valence-corrected chi connectivity index (χ1v) is 24.9. The van der Waals surface area contributed by atoms with E-state index in [0.717, 1.165) is 70.6 Å². The fourth-order valence-corrected chi connectivity index (χ4v) is 7.84.